The molecule has 0 fully saturated rings. The van der Waals surface area contributed by atoms with E-state index in [0.717, 1.165) is 13.1 Å². The quantitative estimate of drug-likeness (QED) is 0.633. The Balaban J connectivity index is 3.07. The fraction of sp³-hybridized carbons (Fsp3) is 0.429. The summed E-state index contributed by atoms with van der Waals surface area (Å²) in [5, 5.41) is 20.5. The van der Waals surface area contributed by atoms with Gasteiger partial charge < -0.3 is 15.2 Å². The molecule has 0 spiro atoms. The Kier molecular flexibility index (Phi) is 5.52. The number of hydrogen-bond acceptors (Lipinski definition) is 6. The van der Waals surface area contributed by atoms with Crippen molar-refractivity contribution in [2.75, 3.05) is 5.32 Å². The lowest BCUT2D eigenvalue weighted by molar-refractivity contribution is -0.170. The van der Waals surface area contributed by atoms with E-state index >= 15 is 0 Å². The number of ether oxygens (including phenoxy) is 1. The van der Waals surface area contributed by atoms with E-state index in [1.54, 1.807) is 0 Å². The van der Waals surface area contributed by atoms with Crippen molar-refractivity contribution < 1.29 is 32.6 Å². The van der Waals surface area contributed by atoms with Crippen LogP contribution in [0.4, 0.5) is 18.9 Å². The molecule has 24 heavy (non-hydrogen) atoms. The summed E-state index contributed by atoms with van der Waals surface area (Å²) >= 11 is 0. The Morgan fingerprint density at radius 2 is 2.00 bits per heavy atom. The minimum atomic E-state index is -4.86. The van der Waals surface area contributed by atoms with Crippen molar-refractivity contribution in [1.82, 2.24) is 4.98 Å². The van der Waals surface area contributed by atoms with Crippen LogP contribution in [-0.2, 0) is 20.5 Å². The van der Waals surface area contributed by atoms with E-state index in [9.17, 15) is 27.9 Å². The zero-order valence-electron chi connectivity index (χ0n) is 12.9. The highest BCUT2D eigenvalue weighted by atomic mass is 19.4. The maximum atomic E-state index is 12.8. The first-order valence-corrected chi connectivity index (χ1v) is 6.61. The summed E-state index contributed by atoms with van der Waals surface area (Å²) in [4.78, 5) is 26.9. The van der Waals surface area contributed by atoms with E-state index in [2.05, 4.69) is 4.98 Å². The predicted molar refractivity (Wildman–Crippen MR) is 74.4 cm³/mol. The maximum absolute atomic E-state index is 12.8. The van der Waals surface area contributed by atoms with Gasteiger partial charge >= 0.3 is 12.1 Å². The molecule has 10 heteroatoms. The van der Waals surface area contributed by atoms with Gasteiger partial charge in [-0.05, 0) is 26.8 Å². The molecule has 1 unspecified atom stereocenters. The molecule has 1 rings (SSSR count). The Labute approximate surface area is 135 Å². The van der Waals surface area contributed by atoms with Gasteiger partial charge in [-0.3, -0.25) is 4.79 Å². The summed E-state index contributed by atoms with van der Waals surface area (Å²) in [5.41, 5.74) is -5.28. The van der Waals surface area contributed by atoms with E-state index in [4.69, 9.17) is 10.00 Å². The highest BCUT2D eigenvalue weighted by Gasteiger charge is 2.41. The number of aromatic nitrogens is 1. The number of rotatable bonds is 4. The molecule has 1 heterocycles. The van der Waals surface area contributed by atoms with Crippen molar-refractivity contribution in [1.29, 1.82) is 5.26 Å². The van der Waals surface area contributed by atoms with Crippen LogP contribution in [0.3, 0.4) is 0 Å². The van der Waals surface area contributed by atoms with Crippen LogP contribution in [0.25, 0.3) is 0 Å². The Morgan fingerprint density at radius 1 is 1.42 bits per heavy atom. The van der Waals surface area contributed by atoms with Gasteiger partial charge in [0.15, 0.2) is 5.69 Å². The van der Waals surface area contributed by atoms with Crippen molar-refractivity contribution >= 4 is 17.6 Å². The molecule has 0 bridgehead atoms. The van der Waals surface area contributed by atoms with Gasteiger partial charge in [0.05, 0.1) is 23.6 Å². The minimum Gasteiger partial charge on any atom is -0.460 e. The highest BCUT2D eigenvalue weighted by molar-refractivity contribution is 6.11. The van der Waals surface area contributed by atoms with Gasteiger partial charge in [0.1, 0.15) is 6.07 Å². The third-order valence-corrected chi connectivity index (χ3v) is 2.74. The van der Waals surface area contributed by atoms with Gasteiger partial charge in [0.25, 0.3) is 5.91 Å². The number of nitrogens with one attached hydrogen (secondary N) is 1. The molecular weight excluding hydrogens is 331 g/mol. The third kappa shape index (κ3) is 4.42. The first kappa shape index (κ1) is 19.4. The van der Waals surface area contributed by atoms with Crippen molar-refractivity contribution in [2.24, 2.45) is 0 Å². The number of pyridine rings is 1. The number of nitriles is 1. The lowest BCUT2D eigenvalue weighted by Crippen LogP contribution is -2.48. The predicted octanol–water partition coefficient (Wildman–Crippen LogP) is 1.61. The summed E-state index contributed by atoms with van der Waals surface area (Å²) in [5.74, 6) is -2.56. The second-order valence-electron chi connectivity index (χ2n) is 5.21. The molecule has 0 saturated carbocycles. The van der Waals surface area contributed by atoms with Crippen molar-refractivity contribution in [2.45, 2.75) is 38.7 Å². The van der Waals surface area contributed by atoms with Crippen molar-refractivity contribution in [3.8, 4) is 6.07 Å². The average molecular weight is 345 g/mol. The molecule has 1 aromatic rings. The molecule has 2 N–H and O–H groups in total. The fourth-order valence-electron chi connectivity index (χ4n) is 1.51. The van der Waals surface area contributed by atoms with Gasteiger partial charge in [-0.2, -0.15) is 18.4 Å². The molecule has 0 aliphatic rings. The molecule has 1 aromatic heterocycles. The van der Waals surface area contributed by atoms with Crippen LogP contribution in [0.2, 0.25) is 0 Å². The average Bonchev–Trinajstić information content (AvgIpc) is 2.45. The number of esters is 1. The number of nitrogens with zero attached hydrogens (tertiary/aromatic N) is 2. The van der Waals surface area contributed by atoms with Crippen molar-refractivity contribution in [3.05, 3.63) is 23.5 Å². The summed E-state index contributed by atoms with van der Waals surface area (Å²) in [6.07, 6.45) is -4.67. The number of hydrogen-bond donors (Lipinski definition) is 2. The van der Waals surface area contributed by atoms with E-state index in [1.165, 1.54) is 19.9 Å². The standard InChI is InChI=1S/C14H14F3N3O4/c1-7(2)24-12(22)13(3,23)11(21)20-8-4-9(14(15,16)17)10(5-18)19-6-8/h4,6-7,23H,1-3H3,(H,20,21). The Bertz CT molecular complexity index is 693. The molecule has 0 aliphatic carbocycles. The van der Waals surface area contributed by atoms with Crippen LogP contribution >= 0.6 is 0 Å². The first-order valence-electron chi connectivity index (χ1n) is 6.61. The SMILES string of the molecule is CC(C)OC(=O)C(C)(O)C(=O)Nc1cnc(C#N)c(C(F)(F)F)c1. The van der Waals surface area contributed by atoms with E-state index in [-0.39, 0.29) is 0 Å². The molecule has 0 saturated heterocycles. The smallest absolute Gasteiger partial charge is 0.419 e. The second kappa shape index (κ2) is 6.84. The second-order valence-corrected chi connectivity index (χ2v) is 5.21. The van der Waals surface area contributed by atoms with Gasteiger partial charge in [-0.1, -0.05) is 0 Å². The van der Waals surface area contributed by atoms with Crippen molar-refractivity contribution in [3.63, 3.8) is 0 Å². The topological polar surface area (TPSA) is 112 Å². The molecule has 1 amide bonds. The van der Waals surface area contributed by atoms with Crippen LogP contribution in [0.15, 0.2) is 12.3 Å². The highest BCUT2D eigenvalue weighted by Crippen LogP contribution is 2.32. The van der Waals surface area contributed by atoms with Gasteiger partial charge in [-0.25, -0.2) is 9.78 Å². The van der Waals surface area contributed by atoms with Crippen LogP contribution in [-0.4, -0.2) is 33.7 Å². The fourth-order valence-corrected chi connectivity index (χ4v) is 1.51. The summed E-state index contributed by atoms with van der Waals surface area (Å²) in [7, 11) is 0. The third-order valence-electron chi connectivity index (χ3n) is 2.74. The number of carbonyl (C=O) groups is 2. The number of aliphatic hydroxyl groups is 1. The number of carbonyl (C=O) groups excluding carboxylic acids is 2. The number of alkyl halides is 3. The number of anilines is 1. The first-order chi connectivity index (χ1) is 10.9. The molecule has 0 radical (unpaired) electrons. The van der Waals surface area contributed by atoms with E-state index in [0.29, 0.717) is 6.07 Å². The lowest BCUT2D eigenvalue weighted by atomic mass is 10.1. The van der Waals surface area contributed by atoms with Crippen LogP contribution in [0.1, 0.15) is 32.0 Å². The summed E-state index contributed by atoms with van der Waals surface area (Å²) in [6, 6.07) is 1.76. The lowest BCUT2D eigenvalue weighted by Gasteiger charge is -2.22. The van der Waals surface area contributed by atoms with Gasteiger partial charge in [0.2, 0.25) is 5.60 Å². The molecule has 0 aliphatic heterocycles. The minimum absolute atomic E-state index is 0.441. The van der Waals surface area contributed by atoms with Crippen LogP contribution in [0, 0.1) is 11.3 Å². The number of halogens is 3. The molecular formula is C14H14F3N3O4. The molecule has 130 valence electrons. The summed E-state index contributed by atoms with van der Waals surface area (Å²) in [6.45, 7) is 3.83. The van der Waals surface area contributed by atoms with Gasteiger partial charge in [0, 0.05) is 0 Å². The zero-order chi connectivity index (χ0) is 18.7. The van der Waals surface area contributed by atoms with Gasteiger partial charge in [-0.15, -0.1) is 0 Å². The Hall–Kier alpha value is -2.67. The largest absolute Gasteiger partial charge is 0.460 e. The normalized spacial score (nSPS) is 13.8. The van der Waals surface area contributed by atoms with E-state index < -0.39 is 46.7 Å². The van der Waals surface area contributed by atoms with Crippen LogP contribution in [0.5, 0.6) is 0 Å². The zero-order valence-corrected chi connectivity index (χ0v) is 12.9. The monoisotopic (exact) mass is 345 g/mol. The van der Waals surface area contributed by atoms with E-state index in [1.807, 2.05) is 5.32 Å². The molecule has 1 atom stereocenters. The van der Waals surface area contributed by atoms with Crippen LogP contribution < -0.4 is 5.32 Å². The molecule has 0 aromatic carbocycles. The maximum Gasteiger partial charge on any atom is 0.419 e. The molecule has 7 nitrogen and oxygen atoms in total. The number of amides is 1. The summed E-state index contributed by atoms with van der Waals surface area (Å²) < 4.78 is 43.2. The Morgan fingerprint density at radius 3 is 2.46 bits per heavy atom.